The van der Waals surface area contributed by atoms with E-state index in [4.69, 9.17) is 5.10 Å². The average Bonchev–Trinajstić information content (AvgIpc) is 3.20. The van der Waals surface area contributed by atoms with Crippen molar-refractivity contribution >= 4 is 11.3 Å². The summed E-state index contributed by atoms with van der Waals surface area (Å²) in [5.41, 5.74) is 1.77. The standard InChI is InChI=1S/C19H23N5OS/c1-14-13-26-18(21-14)12-23-19(25)24(16-5-3-2-4-6-16)17(22-23)11-15-7-9-20-10-8-15/h2-6,13,15,20H,7-12H2,1H3. The lowest BCUT2D eigenvalue weighted by Crippen LogP contribution is -2.29. The zero-order valence-electron chi connectivity index (χ0n) is 14.9. The van der Waals surface area contributed by atoms with Gasteiger partial charge in [0.05, 0.1) is 12.2 Å². The normalized spacial score (nSPS) is 15.4. The predicted molar refractivity (Wildman–Crippen MR) is 103 cm³/mol. The van der Waals surface area contributed by atoms with Crippen LogP contribution in [0.3, 0.4) is 0 Å². The fourth-order valence-corrected chi connectivity index (χ4v) is 4.22. The molecular weight excluding hydrogens is 346 g/mol. The predicted octanol–water partition coefficient (Wildman–Crippen LogP) is 2.39. The molecule has 0 amide bonds. The number of nitrogens with zero attached hydrogens (tertiary/aromatic N) is 4. The molecule has 1 N–H and O–H groups in total. The zero-order valence-corrected chi connectivity index (χ0v) is 15.7. The van der Waals surface area contributed by atoms with Gasteiger partial charge in [0.1, 0.15) is 10.8 Å². The molecule has 0 radical (unpaired) electrons. The highest BCUT2D eigenvalue weighted by Gasteiger charge is 2.21. The number of piperidine rings is 1. The van der Waals surface area contributed by atoms with Gasteiger partial charge < -0.3 is 5.32 Å². The molecule has 0 unspecified atom stereocenters. The Hall–Kier alpha value is -2.25. The SMILES string of the molecule is Cc1csc(Cn2nc(CC3CCNCC3)n(-c3ccccc3)c2=O)n1. The van der Waals surface area contributed by atoms with Crippen LogP contribution in [-0.4, -0.2) is 32.4 Å². The summed E-state index contributed by atoms with van der Waals surface area (Å²) in [5, 5.41) is 11.0. The Balaban J connectivity index is 1.70. The van der Waals surface area contributed by atoms with Gasteiger partial charge in [-0.2, -0.15) is 5.10 Å². The van der Waals surface area contributed by atoms with Crippen molar-refractivity contribution in [2.75, 3.05) is 13.1 Å². The van der Waals surface area contributed by atoms with E-state index in [1.54, 1.807) is 20.6 Å². The van der Waals surface area contributed by atoms with Gasteiger partial charge in [0, 0.05) is 17.5 Å². The molecule has 1 aromatic carbocycles. The Morgan fingerprint density at radius 1 is 1.23 bits per heavy atom. The summed E-state index contributed by atoms with van der Waals surface area (Å²) in [4.78, 5) is 17.5. The van der Waals surface area contributed by atoms with E-state index in [0.717, 1.165) is 54.6 Å². The second-order valence-corrected chi connectivity index (χ2v) is 7.75. The Labute approximate surface area is 156 Å². The highest BCUT2D eigenvalue weighted by atomic mass is 32.1. The molecule has 0 spiro atoms. The number of rotatable bonds is 5. The molecule has 1 aliphatic rings. The summed E-state index contributed by atoms with van der Waals surface area (Å²) >= 11 is 1.57. The van der Waals surface area contributed by atoms with Crippen molar-refractivity contribution in [3.8, 4) is 5.69 Å². The van der Waals surface area contributed by atoms with Gasteiger partial charge in [-0.1, -0.05) is 18.2 Å². The molecule has 0 bridgehead atoms. The van der Waals surface area contributed by atoms with Crippen LogP contribution in [0.25, 0.3) is 5.69 Å². The maximum absolute atomic E-state index is 13.1. The molecule has 3 heterocycles. The van der Waals surface area contributed by atoms with E-state index in [1.807, 2.05) is 42.6 Å². The minimum atomic E-state index is -0.0898. The summed E-state index contributed by atoms with van der Waals surface area (Å²) in [6.45, 7) is 4.48. The van der Waals surface area contributed by atoms with E-state index in [9.17, 15) is 4.79 Å². The van der Waals surface area contributed by atoms with Crippen molar-refractivity contribution in [1.82, 2.24) is 24.6 Å². The summed E-state index contributed by atoms with van der Waals surface area (Å²) in [5.74, 6) is 1.41. The first kappa shape index (κ1) is 17.2. The van der Waals surface area contributed by atoms with Crippen LogP contribution in [0, 0.1) is 12.8 Å². The van der Waals surface area contributed by atoms with Gasteiger partial charge >= 0.3 is 5.69 Å². The van der Waals surface area contributed by atoms with E-state index < -0.39 is 0 Å². The molecule has 0 saturated carbocycles. The van der Waals surface area contributed by atoms with Crippen molar-refractivity contribution in [2.45, 2.75) is 32.7 Å². The number of aryl methyl sites for hydroxylation is 1. The Kier molecular flexibility index (Phi) is 4.99. The summed E-state index contributed by atoms with van der Waals surface area (Å²) in [6, 6.07) is 9.80. The number of thiazole rings is 1. The van der Waals surface area contributed by atoms with Gasteiger partial charge in [-0.15, -0.1) is 11.3 Å². The monoisotopic (exact) mass is 369 g/mol. The van der Waals surface area contributed by atoms with Crippen LogP contribution in [0.2, 0.25) is 0 Å². The summed E-state index contributed by atoms with van der Waals surface area (Å²) in [7, 11) is 0. The van der Waals surface area contributed by atoms with Crippen LogP contribution < -0.4 is 11.0 Å². The van der Waals surface area contributed by atoms with E-state index in [1.165, 1.54) is 0 Å². The first-order chi connectivity index (χ1) is 12.7. The van der Waals surface area contributed by atoms with Gasteiger partial charge in [-0.3, -0.25) is 0 Å². The molecule has 6 nitrogen and oxygen atoms in total. The zero-order chi connectivity index (χ0) is 17.9. The Bertz CT molecular complexity index is 921. The van der Waals surface area contributed by atoms with Crippen LogP contribution in [0.4, 0.5) is 0 Å². The number of aromatic nitrogens is 4. The van der Waals surface area contributed by atoms with Crippen LogP contribution >= 0.6 is 11.3 Å². The summed E-state index contributed by atoms with van der Waals surface area (Å²) < 4.78 is 3.32. The van der Waals surface area contributed by atoms with E-state index in [2.05, 4.69) is 10.3 Å². The van der Waals surface area contributed by atoms with Gasteiger partial charge in [0.2, 0.25) is 0 Å². The molecule has 0 atom stereocenters. The number of hydrogen-bond donors (Lipinski definition) is 1. The van der Waals surface area contributed by atoms with Crippen molar-refractivity contribution < 1.29 is 0 Å². The number of para-hydroxylation sites is 1. The fraction of sp³-hybridized carbons (Fsp3) is 0.421. The van der Waals surface area contributed by atoms with Crippen LogP contribution in [0.5, 0.6) is 0 Å². The molecule has 4 rings (SSSR count). The second-order valence-electron chi connectivity index (χ2n) is 6.81. The average molecular weight is 369 g/mol. The molecule has 1 saturated heterocycles. The van der Waals surface area contributed by atoms with Gasteiger partial charge in [0.15, 0.2) is 0 Å². The van der Waals surface area contributed by atoms with Crippen molar-refractivity contribution in [1.29, 1.82) is 0 Å². The highest BCUT2D eigenvalue weighted by Crippen LogP contribution is 2.19. The molecule has 2 aromatic heterocycles. The minimum Gasteiger partial charge on any atom is -0.317 e. The molecular formula is C19H23N5OS. The second kappa shape index (κ2) is 7.55. The third-order valence-electron chi connectivity index (χ3n) is 4.80. The van der Waals surface area contributed by atoms with Crippen LogP contribution in [0.1, 0.15) is 29.4 Å². The van der Waals surface area contributed by atoms with Gasteiger partial charge in [0.25, 0.3) is 0 Å². The summed E-state index contributed by atoms with van der Waals surface area (Å²) in [6.07, 6.45) is 3.08. The molecule has 7 heteroatoms. The molecule has 26 heavy (non-hydrogen) atoms. The quantitative estimate of drug-likeness (QED) is 0.750. The van der Waals surface area contributed by atoms with E-state index in [0.29, 0.717) is 12.5 Å². The lowest BCUT2D eigenvalue weighted by molar-refractivity contribution is 0.365. The number of nitrogens with one attached hydrogen (secondary N) is 1. The van der Waals surface area contributed by atoms with E-state index in [-0.39, 0.29) is 5.69 Å². The topological polar surface area (TPSA) is 64.7 Å². The van der Waals surface area contributed by atoms with Crippen molar-refractivity contribution in [3.63, 3.8) is 0 Å². The largest absolute Gasteiger partial charge is 0.350 e. The third-order valence-corrected chi connectivity index (χ3v) is 5.75. The van der Waals surface area contributed by atoms with Gasteiger partial charge in [-0.05, 0) is 50.9 Å². The van der Waals surface area contributed by atoms with Crippen LogP contribution in [0.15, 0.2) is 40.5 Å². The first-order valence-corrected chi connectivity index (χ1v) is 9.94. The number of hydrogen-bond acceptors (Lipinski definition) is 5. The Morgan fingerprint density at radius 3 is 2.69 bits per heavy atom. The van der Waals surface area contributed by atoms with E-state index >= 15 is 0 Å². The smallest absolute Gasteiger partial charge is 0.317 e. The van der Waals surface area contributed by atoms with Crippen molar-refractivity contribution in [3.05, 3.63) is 62.7 Å². The third kappa shape index (κ3) is 3.64. The van der Waals surface area contributed by atoms with Gasteiger partial charge in [-0.25, -0.2) is 19.0 Å². The number of benzene rings is 1. The van der Waals surface area contributed by atoms with Crippen LogP contribution in [-0.2, 0) is 13.0 Å². The lowest BCUT2D eigenvalue weighted by Gasteiger charge is -2.22. The highest BCUT2D eigenvalue weighted by molar-refractivity contribution is 7.09. The molecule has 1 fully saturated rings. The molecule has 3 aromatic rings. The fourth-order valence-electron chi connectivity index (χ4n) is 3.47. The maximum Gasteiger partial charge on any atom is 0.350 e. The molecule has 0 aliphatic carbocycles. The Morgan fingerprint density at radius 2 is 2.00 bits per heavy atom. The van der Waals surface area contributed by atoms with Crippen molar-refractivity contribution in [2.24, 2.45) is 5.92 Å². The molecule has 136 valence electrons. The lowest BCUT2D eigenvalue weighted by atomic mass is 9.94. The first-order valence-electron chi connectivity index (χ1n) is 9.06. The molecule has 1 aliphatic heterocycles. The maximum atomic E-state index is 13.1. The minimum absolute atomic E-state index is 0.0898.